The predicted octanol–water partition coefficient (Wildman–Crippen LogP) is 3.53. The minimum absolute atomic E-state index is 0.249. The number of rotatable bonds is 4. The lowest BCUT2D eigenvalue weighted by atomic mass is 9.59. The van der Waals surface area contributed by atoms with Crippen molar-refractivity contribution < 1.29 is 9.53 Å². The molecule has 1 spiro atoms. The van der Waals surface area contributed by atoms with Crippen LogP contribution in [0.2, 0.25) is 0 Å². The van der Waals surface area contributed by atoms with Gasteiger partial charge in [-0.15, -0.1) is 0 Å². The fourth-order valence-corrected chi connectivity index (χ4v) is 4.62. The second kappa shape index (κ2) is 6.94. The van der Waals surface area contributed by atoms with E-state index in [0.29, 0.717) is 13.2 Å². The van der Waals surface area contributed by atoms with Gasteiger partial charge in [0.05, 0.1) is 12.7 Å². The summed E-state index contributed by atoms with van der Waals surface area (Å²) in [5.41, 5.74) is -0.0414. The van der Waals surface area contributed by atoms with Gasteiger partial charge in [0.25, 0.3) is 0 Å². The molecule has 0 amide bonds. The Hall–Kier alpha value is -1.86. The number of ether oxygens (including phenoxy) is 1. The maximum Gasteiger partial charge on any atom is 0.328 e. The summed E-state index contributed by atoms with van der Waals surface area (Å²) < 4.78 is 5.36. The zero-order chi connectivity index (χ0) is 17.0. The molecule has 1 saturated heterocycles. The normalized spacial score (nSPS) is 26.2. The molecule has 0 aromatic heterocycles. The van der Waals surface area contributed by atoms with E-state index in [1.54, 1.807) is 0 Å². The van der Waals surface area contributed by atoms with E-state index in [2.05, 4.69) is 23.1 Å². The molecule has 0 N–H and O–H groups in total. The van der Waals surface area contributed by atoms with Crippen molar-refractivity contribution in [3.05, 3.63) is 35.9 Å². The average molecular weight is 326 g/mol. The van der Waals surface area contributed by atoms with Gasteiger partial charge in [0.15, 0.2) is 5.41 Å². The number of carbonyl (C=O) groups excluding carboxylic acids is 1. The summed E-state index contributed by atoms with van der Waals surface area (Å²) in [4.78, 5) is 15.1. The van der Waals surface area contributed by atoms with Crippen molar-refractivity contribution in [1.29, 1.82) is 5.26 Å². The molecule has 2 aliphatic rings. The molecule has 128 valence electrons. The number of benzene rings is 1. The van der Waals surface area contributed by atoms with Crippen LogP contribution in [0, 0.1) is 22.2 Å². The van der Waals surface area contributed by atoms with E-state index in [9.17, 15) is 10.1 Å². The average Bonchev–Trinajstić information content (AvgIpc) is 2.90. The van der Waals surface area contributed by atoms with E-state index in [1.165, 1.54) is 12.0 Å². The van der Waals surface area contributed by atoms with Gasteiger partial charge in [0.1, 0.15) is 0 Å². The first-order chi connectivity index (χ1) is 11.7. The predicted molar refractivity (Wildman–Crippen MR) is 91.9 cm³/mol. The Morgan fingerprint density at radius 2 is 1.92 bits per heavy atom. The van der Waals surface area contributed by atoms with Crippen LogP contribution in [-0.2, 0) is 16.1 Å². The first-order valence-electron chi connectivity index (χ1n) is 9.00. The topological polar surface area (TPSA) is 53.3 Å². The van der Waals surface area contributed by atoms with Crippen molar-refractivity contribution in [2.24, 2.45) is 10.8 Å². The molecule has 1 heterocycles. The Morgan fingerprint density at radius 3 is 2.54 bits per heavy atom. The first kappa shape index (κ1) is 17.0. The molecular weight excluding hydrogens is 300 g/mol. The fourth-order valence-electron chi connectivity index (χ4n) is 4.62. The summed E-state index contributed by atoms with van der Waals surface area (Å²) in [6.07, 6.45) is 5.30. The van der Waals surface area contributed by atoms with E-state index >= 15 is 0 Å². The highest BCUT2D eigenvalue weighted by Gasteiger charge is 2.63. The third-order valence-corrected chi connectivity index (χ3v) is 5.77. The lowest BCUT2D eigenvalue weighted by molar-refractivity contribution is -0.157. The Kier molecular flexibility index (Phi) is 4.91. The number of carbonyl (C=O) groups is 1. The minimum Gasteiger partial charge on any atom is -0.465 e. The van der Waals surface area contributed by atoms with Crippen molar-refractivity contribution in [1.82, 2.24) is 4.90 Å². The highest BCUT2D eigenvalue weighted by atomic mass is 16.5. The van der Waals surface area contributed by atoms with Crippen LogP contribution in [0.1, 0.15) is 44.6 Å². The van der Waals surface area contributed by atoms with Crippen LogP contribution in [0.15, 0.2) is 30.3 Å². The molecule has 1 aliphatic carbocycles. The summed E-state index contributed by atoms with van der Waals surface area (Å²) in [5, 5.41) is 10.0. The van der Waals surface area contributed by atoms with Gasteiger partial charge in [-0.05, 0) is 25.3 Å². The summed E-state index contributed by atoms with van der Waals surface area (Å²) in [6, 6.07) is 12.7. The third kappa shape index (κ3) is 2.82. The zero-order valence-corrected chi connectivity index (χ0v) is 14.5. The van der Waals surface area contributed by atoms with Gasteiger partial charge in [0, 0.05) is 25.0 Å². The molecule has 1 unspecified atom stereocenters. The number of hydrogen-bond donors (Lipinski definition) is 0. The molecule has 4 heteroatoms. The van der Waals surface area contributed by atoms with E-state index in [4.69, 9.17) is 4.74 Å². The van der Waals surface area contributed by atoms with Gasteiger partial charge >= 0.3 is 5.97 Å². The molecule has 3 rings (SSSR count). The van der Waals surface area contributed by atoms with Crippen LogP contribution in [0.3, 0.4) is 0 Å². The molecule has 1 aromatic rings. The Balaban J connectivity index is 1.89. The fraction of sp³-hybridized carbons (Fsp3) is 0.600. The van der Waals surface area contributed by atoms with E-state index in [0.717, 1.165) is 38.8 Å². The highest BCUT2D eigenvalue weighted by Crippen LogP contribution is 2.55. The second-order valence-corrected chi connectivity index (χ2v) is 7.21. The number of likely N-dealkylation sites (tertiary alicyclic amines) is 1. The van der Waals surface area contributed by atoms with E-state index in [1.807, 2.05) is 25.1 Å². The van der Waals surface area contributed by atoms with E-state index in [-0.39, 0.29) is 11.4 Å². The standard InChI is InChI=1S/C20H26N2O2/c1-2-24-18(23)20(14-21)16-22(13-17-9-5-3-6-10-17)15-19(20)11-7-4-8-12-19/h3,5-6,9-10H,2,4,7-8,11-13,15-16H2,1H3. The maximum atomic E-state index is 12.8. The molecule has 1 aromatic carbocycles. The number of esters is 1. The van der Waals surface area contributed by atoms with Gasteiger partial charge < -0.3 is 4.74 Å². The van der Waals surface area contributed by atoms with Crippen molar-refractivity contribution in [3.8, 4) is 6.07 Å². The lowest BCUT2D eigenvalue weighted by Gasteiger charge is -2.41. The van der Waals surface area contributed by atoms with Crippen molar-refractivity contribution in [2.75, 3.05) is 19.7 Å². The third-order valence-electron chi connectivity index (χ3n) is 5.77. The molecule has 0 radical (unpaired) electrons. The van der Waals surface area contributed by atoms with Gasteiger partial charge in [-0.25, -0.2) is 0 Å². The van der Waals surface area contributed by atoms with Crippen molar-refractivity contribution in [3.63, 3.8) is 0 Å². The first-order valence-corrected chi connectivity index (χ1v) is 9.00. The molecule has 4 nitrogen and oxygen atoms in total. The van der Waals surface area contributed by atoms with Gasteiger partial charge in [-0.3, -0.25) is 9.69 Å². The highest BCUT2D eigenvalue weighted by molar-refractivity contribution is 5.82. The minimum atomic E-state index is -1.02. The van der Waals surface area contributed by atoms with Crippen molar-refractivity contribution in [2.45, 2.75) is 45.6 Å². The summed E-state index contributed by atoms with van der Waals surface area (Å²) in [6.45, 7) is 4.22. The van der Waals surface area contributed by atoms with Crippen LogP contribution in [0.25, 0.3) is 0 Å². The maximum absolute atomic E-state index is 12.8. The van der Waals surface area contributed by atoms with Gasteiger partial charge in [-0.1, -0.05) is 49.6 Å². The number of nitrogens with zero attached hydrogens (tertiary/aromatic N) is 2. The number of hydrogen-bond acceptors (Lipinski definition) is 4. The van der Waals surface area contributed by atoms with Gasteiger partial charge in [0.2, 0.25) is 0 Å². The Morgan fingerprint density at radius 1 is 1.21 bits per heavy atom. The zero-order valence-electron chi connectivity index (χ0n) is 14.5. The lowest BCUT2D eigenvalue weighted by Crippen LogP contribution is -2.48. The quantitative estimate of drug-likeness (QED) is 0.794. The molecular formula is C20H26N2O2. The SMILES string of the molecule is CCOC(=O)C1(C#N)CN(Cc2ccccc2)CC12CCCCC2. The number of nitriles is 1. The summed E-state index contributed by atoms with van der Waals surface area (Å²) in [5.74, 6) is -0.315. The van der Waals surface area contributed by atoms with Crippen LogP contribution in [0.5, 0.6) is 0 Å². The van der Waals surface area contributed by atoms with Crippen molar-refractivity contribution >= 4 is 5.97 Å². The van der Waals surface area contributed by atoms with Crippen LogP contribution in [-0.4, -0.2) is 30.6 Å². The van der Waals surface area contributed by atoms with Crippen LogP contribution in [0.4, 0.5) is 0 Å². The van der Waals surface area contributed by atoms with Gasteiger partial charge in [-0.2, -0.15) is 5.26 Å². The second-order valence-electron chi connectivity index (χ2n) is 7.21. The molecule has 1 atom stereocenters. The summed E-state index contributed by atoms with van der Waals surface area (Å²) >= 11 is 0. The molecule has 1 saturated carbocycles. The largest absolute Gasteiger partial charge is 0.465 e. The monoisotopic (exact) mass is 326 g/mol. The Bertz CT molecular complexity index is 616. The molecule has 2 fully saturated rings. The van der Waals surface area contributed by atoms with Crippen LogP contribution >= 0.6 is 0 Å². The molecule has 1 aliphatic heterocycles. The molecule has 0 bridgehead atoms. The Labute approximate surface area is 144 Å². The van der Waals surface area contributed by atoms with Crippen LogP contribution < -0.4 is 0 Å². The summed E-state index contributed by atoms with van der Waals surface area (Å²) in [7, 11) is 0. The molecule has 24 heavy (non-hydrogen) atoms. The smallest absolute Gasteiger partial charge is 0.328 e. The van der Waals surface area contributed by atoms with E-state index < -0.39 is 5.41 Å².